The molecule has 0 bridgehead atoms. The highest BCUT2D eigenvalue weighted by molar-refractivity contribution is 4.83. The van der Waals surface area contributed by atoms with Gasteiger partial charge in [-0.3, -0.25) is 4.90 Å². The minimum absolute atomic E-state index is 0.837. The minimum atomic E-state index is 0.837. The van der Waals surface area contributed by atoms with Gasteiger partial charge < -0.3 is 5.73 Å². The predicted octanol–water partition coefficient (Wildman–Crippen LogP) is 1.60. The van der Waals surface area contributed by atoms with Crippen molar-refractivity contribution in [2.45, 2.75) is 44.6 Å². The Kier molecular flexibility index (Phi) is 3.23. The third-order valence-electron chi connectivity index (χ3n) is 3.72. The van der Waals surface area contributed by atoms with Gasteiger partial charge >= 0.3 is 0 Å². The Balaban J connectivity index is 1.73. The second-order valence-electron chi connectivity index (χ2n) is 4.67. The van der Waals surface area contributed by atoms with Crippen LogP contribution in [0, 0.1) is 5.92 Å². The standard InChI is InChI=1S/C11H22N2/c12-7-8-13(11-5-2-6-11)9-10-3-1-4-10/h10-11H,1-9,12H2. The van der Waals surface area contributed by atoms with E-state index in [9.17, 15) is 0 Å². The smallest absolute Gasteiger partial charge is 0.0108 e. The number of nitrogens with zero attached hydrogens (tertiary/aromatic N) is 1. The largest absolute Gasteiger partial charge is 0.329 e. The van der Waals surface area contributed by atoms with Gasteiger partial charge in [-0.15, -0.1) is 0 Å². The molecule has 2 aliphatic rings. The van der Waals surface area contributed by atoms with Gasteiger partial charge in [0.15, 0.2) is 0 Å². The normalized spacial score (nSPS) is 24.5. The highest BCUT2D eigenvalue weighted by atomic mass is 15.2. The lowest BCUT2D eigenvalue weighted by atomic mass is 9.83. The van der Waals surface area contributed by atoms with Crippen LogP contribution in [0.15, 0.2) is 0 Å². The fraction of sp³-hybridized carbons (Fsp3) is 1.00. The molecule has 76 valence electrons. The summed E-state index contributed by atoms with van der Waals surface area (Å²) in [5.41, 5.74) is 5.64. The van der Waals surface area contributed by atoms with Crippen LogP contribution < -0.4 is 5.73 Å². The van der Waals surface area contributed by atoms with E-state index in [2.05, 4.69) is 4.90 Å². The van der Waals surface area contributed by atoms with Crippen molar-refractivity contribution in [1.82, 2.24) is 4.90 Å². The van der Waals surface area contributed by atoms with Crippen molar-refractivity contribution >= 4 is 0 Å². The molecular formula is C11H22N2. The van der Waals surface area contributed by atoms with Crippen LogP contribution in [0.3, 0.4) is 0 Å². The molecule has 0 amide bonds. The van der Waals surface area contributed by atoms with Crippen molar-refractivity contribution in [3.63, 3.8) is 0 Å². The van der Waals surface area contributed by atoms with Gasteiger partial charge in [-0.05, 0) is 31.6 Å². The second kappa shape index (κ2) is 4.43. The predicted molar refractivity (Wildman–Crippen MR) is 55.6 cm³/mol. The Morgan fingerprint density at radius 2 is 1.77 bits per heavy atom. The first-order valence-electron chi connectivity index (χ1n) is 5.84. The molecule has 0 radical (unpaired) electrons. The summed E-state index contributed by atoms with van der Waals surface area (Å²) in [7, 11) is 0. The molecule has 0 heterocycles. The first kappa shape index (κ1) is 9.47. The van der Waals surface area contributed by atoms with Crippen molar-refractivity contribution in [2.75, 3.05) is 19.6 Å². The summed E-state index contributed by atoms with van der Waals surface area (Å²) in [6.45, 7) is 3.30. The van der Waals surface area contributed by atoms with E-state index in [1.165, 1.54) is 45.1 Å². The van der Waals surface area contributed by atoms with Gasteiger partial charge in [-0.25, -0.2) is 0 Å². The fourth-order valence-corrected chi connectivity index (χ4v) is 2.35. The number of hydrogen-bond acceptors (Lipinski definition) is 2. The van der Waals surface area contributed by atoms with Crippen LogP contribution in [0.1, 0.15) is 38.5 Å². The monoisotopic (exact) mass is 182 g/mol. The lowest BCUT2D eigenvalue weighted by Crippen LogP contribution is -2.46. The van der Waals surface area contributed by atoms with Gasteiger partial charge in [0.05, 0.1) is 0 Å². The molecular weight excluding hydrogens is 160 g/mol. The maximum absolute atomic E-state index is 5.64. The van der Waals surface area contributed by atoms with Gasteiger partial charge in [0, 0.05) is 25.7 Å². The van der Waals surface area contributed by atoms with Crippen molar-refractivity contribution in [3.05, 3.63) is 0 Å². The summed E-state index contributed by atoms with van der Waals surface area (Å²) in [4.78, 5) is 2.65. The molecule has 0 spiro atoms. The molecule has 2 fully saturated rings. The molecule has 0 unspecified atom stereocenters. The van der Waals surface area contributed by atoms with Gasteiger partial charge in [0.25, 0.3) is 0 Å². The third-order valence-corrected chi connectivity index (χ3v) is 3.72. The maximum atomic E-state index is 5.64. The van der Waals surface area contributed by atoms with Gasteiger partial charge in [0.1, 0.15) is 0 Å². The molecule has 2 aliphatic carbocycles. The molecule has 2 rings (SSSR count). The summed E-state index contributed by atoms with van der Waals surface area (Å²) >= 11 is 0. The number of rotatable bonds is 5. The van der Waals surface area contributed by atoms with Crippen LogP contribution in [0.2, 0.25) is 0 Å². The Bertz CT molecular complexity index is 150. The molecule has 0 atom stereocenters. The maximum Gasteiger partial charge on any atom is 0.0108 e. The molecule has 0 saturated heterocycles. The summed E-state index contributed by atoms with van der Waals surface area (Å²) in [5, 5.41) is 0. The topological polar surface area (TPSA) is 29.3 Å². The van der Waals surface area contributed by atoms with E-state index in [4.69, 9.17) is 5.73 Å². The third kappa shape index (κ3) is 2.23. The van der Waals surface area contributed by atoms with Crippen LogP contribution in [-0.4, -0.2) is 30.6 Å². The Morgan fingerprint density at radius 1 is 1.08 bits per heavy atom. The average Bonchev–Trinajstić information content (AvgIpc) is 1.93. The van der Waals surface area contributed by atoms with Crippen LogP contribution in [0.4, 0.5) is 0 Å². The molecule has 0 aliphatic heterocycles. The van der Waals surface area contributed by atoms with Crippen molar-refractivity contribution in [2.24, 2.45) is 11.7 Å². The molecule has 0 aromatic heterocycles. The summed E-state index contributed by atoms with van der Waals surface area (Å²) < 4.78 is 0. The van der Waals surface area contributed by atoms with E-state index in [0.29, 0.717) is 0 Å². The van der Waals surface area contributed by atoms with Crippen LogP contribution >= 0.6 is 0 Å². The zero-order chi connectivity index (χ0) is 9.10. The lowest BCUT2D eigenvalue weighted by Gasteiger charge is -2.41. The zero-order valence-electron chi connectivity index (χ0n) is 8.54. The van der Waals surface area contributed by atoms with Gasteiger partial charge in [0.2, 0.25) is 0 Å². The summed E-state index contributed by atoms with van der Waals surface area (Å²) in [6.07, 6.45) is 8.68. The lowest BCUT2D eigenvalue weighted by molar-refractivity contribution is 0.0899. The highest BCUT2D eigenvalue weighted by Crippen LogP contribution is 2.31. The van der Waals surface area contributed by atoms with E-state index in [1.807, 2.05) is 0 Å². The van der Waals surface area contributed by atoms with Crippen LogP contribution in [-0.2, 0) is 0 Å². The van der Waals surface area contributed by atoms with E-state index < -0.39 is 0 Å². The molecule has 13 heavy (non-hydrogen) atoms. The van der Waals surface area contributed by atoms with Gasteiger partial charge in [-0.1, -0.05) is 12.8 Å². The highest BCUT2D eigenvalue weighted by Gasteiger charge is 2.28. The molecule has 0 aromatic rings. The number of nitrogens with two attached hydrogens (primary N) is 1. The first-order chi connectivity index (χ1) is 6.40. The van der Waals surface area contributed by atoms with E-state index in [-0.39, 0.29) is 0 Å². The second-order valence-corrected chi connectivity index (χ2v) is 4.67. The summed E-state index contributed by atoms with van der Waals surface area (Å²) in [6, 6.07) is 0.893. The van der Waals surface area contributed by atoms with Crippen molar-refractivity contribution < 1.29 is 0 Å². The van der Waals surface area contributed by atoms with Crippen LogP contribution in [0.25, 0.3) is 0 Å². The minimum Gasteiger partial charge on any atom is -0.329 e. The zero-order valence-corrected chi connectivity index (χ0v) is 8.54. The molecule has 2 saturated carbocycles. The SMILES string of the molecule is NCCN(CC1CCC1)C1CCC1. The average molecular weight is 182 g/mol. The van der Waals surface area contributed by atoms with E-state index >= 15 is 0 Å². The summed E-state index contributed by atoms with van der Waals surface area (Å²) in [5.74, 6) is 1.01. The van der Waals surface area contributed by atoms with Crippen molar-refractivity contribution in [1.29, 1.82) is 0 Å². The Morgan fingerprint density at radius 3 is 2.15 bits per heavy atom. The fourth-order valence-electron chi connectivity index (χ4n) is 2.35. The van der Waals surface area contributed by atoms with E-state index in [0.717, 1.165) is 25.0 Å². The Labute approximate surface area is 81.5 Å². The van der Waals surface area contributed by atoms with E-state index in [1.54, 1.807) is 0 Å². The molecule has 2 N–H and O–H groups in total. The number of hydrogen-bond donors (Lipinski definition) is 1. The molecule has 2 nitrogen and oxygen atoms in total. The van der Waals surface area contributed by atoms with Crippen LogP contribution in [0.5, 0.6) is 0 Å². The van der Waals surface area contributed by atoms with Gasteiger partial charge in [-0.2, -0.15) is 0 Å². The Hall–Kier alpha value is -0.0800. The molecule has 0 aromatic carbocycles. The molecule has 2 heteroatoms. The first-order valence-corrected chi connectivity index (χ1v) is 5.84. The quantitative estimate of drug-likeness (QED) is 0.700. The van der Waals surface area contributed by atoms with Crippen molar-refractivity contribution in [3.8, 4) is 0 Å².